The molecule has 1 saturated heterocycles. The van der Waals surface area contributed by atoms with Crippen LogP contribution in [0.1, 0.15) is 47.1 Å². The number of aryl methyl sites for hydroxylation is 2. The second kappa shape index (κ2) is 12.3. The second-order valence-corrected chi connectivity index (χ2v) is 11.2. The molecule has 2 heterocycles. The third kappa shape index (κ3) is 5.62. The van der Waals surface area contributed by atoms with Gasteiger partial charge in [-0.3, -0.25) is 10.2 Å². The van der Waals surface area contributed by atoms with E-state index in [0.29, 0.717) is 30.8 Å². The van der Waals surface area contributed by atoms with Gasteiger partial charge < -0.3 is 14.4 Å². The first-order chi connectivity index (χ1) is 20.5. The number of unbranched alkanes of at least 4 members (excludes halogenated alkanes) is 1. The van der Waals surface area contributed by atoms with E-state index in [2.05, 4.69) is 77.2 Å². The lowest BCUT2D eigenvalue weighted by Gasteiger charge is -2.24. The summed E-state index contributed by atoms with van der Waals surface area (Å²) in [4.78, 5) is 19.3. The van der Waals surface area contributed by atoms with Crippen molar-refractivity contribution in [2.75, 3.05) is 19.8 Å². The molecule has 42 heavy (non-hydrogen) atoms. The topological polar surface area (TPSA) is 79.6 Å². The molecule has 0 radical (unpaired) electrons. The quantitative estimate of drug-likeness (QED) is 0.226. The number of ether oxygens (including phenoxy) is 1. The number of benzene rings is 3. The van der Waals surface area contributed by atoms with Gasteiger partial charge in [-0.25, -0.2) is 9.78 Å². The van der Waals surface area contributed by atoms with Crippen LogP contribution < -0.4 is 10.1 Å². The Balaban J connectivity index is 1.27. The molecule has 216 valence electrons. The molecular formula is C35H38N4O3. The van der Waals surface area contributed by atoms with Gasteiger partial charge in [0.25, 0.3) is 0 Å². The predicted octanol–water partition coefficient (Wildman–Crippen LogP) is 6.21. The van der Waals surface area contributed by atoms with Crippen molar-refractivity contribution in [3.63, 3.8) is 0 Å². The van der Waals surface area contributed by atoms with Gasteiger partial charge in [-0.2, -0.15) is 0 Å². The Morgan fingerprint density at radius 2 is 1.88 bits per heavy atom. The Morgan fingerprint density at radius 3 is 2.69 bits per heavy atom. The number of nitrogens with zero attached hydrogens (tertiary/aromatic N) is 3. The van der Waals surface area contributed by atoms with Crippen molar-refractivity contribution in [2.24, 2.45) is 0 Å². The van der Waals surface area contributed by atoms with E-state index in [-0.39, 0.29) is 0 Å². The summed E-state index contributed by atoms with van der Waals surface area (Å²) < 4.78 is 8.81. The average molecular weight is 563 g/mol. The molecule has 1 fully saturated rings. The molecule has 0 saturated carbocycles. The first-order valence-corrected chi connectivity index (χ1v) is 14.9. The van der Waals surface area contributed by atoms with E-state index in [4.69, 9.17) is 9.72 Å². The number of hydrogen-bond donors (Lipinski definition) is 2. The van der Waals surface area contributed by atoms with Crippen LogP contribution >= 0.6 is 0 Å². The summed E-state index contributed by atoms with van der Waals surface area (Å²) in [7, 11) is 0. The summed E-state index contributed by atoms with van der Waals surface area (Å²) in [6.07, 6.45) is 11.8. The van der Waals surface area contributed by atoms with Gasteiger partial charge in [0.1, 0.15) is 23.7 Å². The summed E-state index contributed by atoms with van der Waals surface area (Å²) in [5.74, 6) is 1.01. The third-order valence-corrected chi connectivity index (χ3v) is 8.35. The van der Waals surface area contributed by atoms with Crippen molar-refractivity contribution in [1.82, 2.24) is 19.8 Å². The largest absolute Gasteiger partial charge is 0.490 e. The number of hydrogen-bond acceptors (Lipinski definition) is 5. The zero-order valence-electron chi connectivity index (χ0n) is 24.3. The second-order valence-electron chi connectivity index (χ2n) is 11.2. The Labute approximate surface area is 247 Å². The molecule has 1 aliphatic heterocycles. The van der Waals surface area contributed by atoms with Crippen molar-refractivity contribution in [2.45, 2.75) is 51.7 Å². The number of carboxylic acid groups (broad SMARTS) is 1. The fourth-order valence-electron chi connectivity index (χ4n) is 6.05. The van der Waals surface area contributed by atoms with E-state index in [1.54, 1.807) is 12.1 Å². The molecule has 2 atom stereocenters. The van der Waals surface area contributed by atoms with Gasteiger partial charge in [0.2, 0.25) is 0 Å². The van der Waals surface area contributed by atoms with Crippen LogP contribution in [0.3, 0.4) is 0 Å². The van der Waals surface area contributed by atoms with Crippen LogP contribution in [0.4, 0.5) is 0 Å². The van der Waals surface area contributed by atoms with Crippen LogP contribution in [0.5, 0.6) is 5.75 Å². The van der Waals surface area contributed by atoms with Gasteiger partial charge in [-0.1, -0.05) is 86.2 Å². The van der Waals surface area contributed by atoms with Crippen LogP contribution in [0, 0.1) is 6.92 Å². The first kappa shape index (κ1) is 27.9. The van der Waals surface area contributed by atoms with Gasteiger partial charge >= 0.3 is 5.97 Å². The molecule has 4 aromatic rings. The SMILES string of the molecule is CCCCc1nc2c(C)ccc(OCCN3CNC4C=CC=CC43)c2n1Cc1ccc(-c2ccccc2C(=O)O)cc1. The van der Waals surface area contributed by atoms with E-state index >= 15 is 0 Å². The maximum atomic E-state index is 11.8. The Morgan fingerprint density at radius 1 is 1.07 bits per heavy atom. The zero-order chi connectivity index (χ0) is 29.1. The molecular weight excluding hydrogens is 524 g/mol. The van der Waals surface area contributed by atoms with E-state index in [1.807, 2.05) is 24.3 Å². The third-order valence-electron chi connectivity index (χ3n) is 8.35. The first-order valence-electron chi connectivity index (χ1n) is 14.9. The Kier molecular flexibility index (Phi) is 8.22. The van der Waals surface area contributed by atoms with Crippen molar-refractivity contribution in [3.8, 4) is 16.9 Å². The molecule has 0 bridgehead atoms. The van der Waals surface area contributed by atoms with Crippen molar-refractivity contribution in [3.05, 3.63) is 107 Å². The van der Waals surface area contributed by atoms with Crippen molar-refractivity contribution in [1.29, 1.82) is 0 Å². The predicted molar refractivity (Wildman–Crippen MR) is 167 cm³/mol. The van der Waals surface area contributed by atoms with Gasteiger partial charge in [0, 0.05) is 38.3 Å². The van der Waals surface area contributed by atoms with Crippen molar-refractivity contribution >= 4 is 17.0 Å². The summed E-state index contributed by atoms with van der Waals surface area (Å²) in [6.45, 7) is 7.25. The van der Waals surface area contributed by atoms with Crippen LogP contribution in [-0.4, -0.2) is 57.4 Å². The smallest absolute Gasteiger partial charge is 0.336 e. The van der Waals surface area contributed by atoms with Gasteiger partial charge in [-0.05, 0) is 47.7 Å². The van der Waals surface area contributed by atoms with E-state index in [9.17, 15) is 9.90 Å². The molecule has 6 rings (SSSR count). The molecule has 0 amide bonds. The standard InChI is InChI=1S/C35H38N4O3/c1-3-4-13-32-37-33-24(2)14-19-31(42-21-20-38-23-36-29-11-7-8-12-30(29)38)34(33)39(32)22-25-15-17-26(18-16-25)27-9-5-6-10-28(27)35(40)41/h5-12,14-19,29-30,36H,3-4,13,20-23H2,1-2H3,(H,40,41). The lowest BCUT2D eigenvalue weighted by Crippen LogP contribution is -2.36. The maximum absolute atomic E-state index is 11.8. The monoisotopic (exact) mass is 562 g/mol. The molecule has 7 nitrogen and oxygen atoms in total. The normalized spacial score (nSPS) is 18.0. The summed E-state index contributed by atoms with van der Waals surface area (Å²) in [6, 6.07) is 20.3. The number of carbonyl (C=O) groups is 1. The van der Waals surface area contributed by atoms with Crippen molar-refractivity contribution < 1.29 is 14.6 Å². The van der Waals surface area contributed by atoms with E-state index in [0.717, 1.165) is 77.3 Å². The van der Waals surface area contributed by atoms with E-state index in [1.165, 1.54) is 0 Å². The minimum atomic E-state index is -0.920. The number of rotatable bonds is 11. The van der Waals surface area contributed by atoms with Crippen LogP contribution in [0.25, 0.3) is 22.2 Å². The molecule has 1 aliphatic carbocycles. The summed E-state index contributed by atoms with van der Waals surface area (Å²) in [5.41, 5.74) is 6.22. The number of carboxylic acids is 1. The molecule has 2 unspecified atom stereocenters. The highest BCUT2D eigenvalue weighted by molar-refractivity contribution is 5.96. The molecule has 0 spiro atoms. The maximum Gasteiger partial charge on any atom is 0.336 e. The fraction of sp³-hybridized carbons (Fsp3) is 0.314. The van der Waals surface area contributed by atoms with E-state index < -0.39 is 5.97 Å². The van der Waals surface area contributed by atoms with Crippen LogP contribution in [0.2, 0.25) is 0 Å². The number of imidazole rings is 1. The molecule has 1 aromatic heterocycles. The summed E-state index contributed by atoms with van der Waals surface area (Å²) >= 11 is 0. The number of allylic oxidation sites excluding steroid dienone is 2. The molecule has 2 N–H and O–H groups in total. The Bertz CT molecular complexity index is 1640. The average Bonchev–Trinajstić information content (AvgIpc) is 3.59. The lowest BCUT2D eigenvalue weighted by molar-refractivity contribution is 0.0697. The highest BCUT2D eigenvalue weighted by Crippen LogP contribution is 2.32. The Hall–Kier alpha value is -4.20. The van der Waals surface area contributed by atoms with Gasteiger partial charge in [-0.15, -0.1) is 0 Å². The zero-order valence-corrected chi connectivity index (χ0v) is 24.3. The molecule has 3 aromatic carbocycles. The number of aromatic nitrogens is 2. The minimum Gasteiger partial charge on any atom is -0.490 e. The number of aromatic carboxylic acids is 1. The molecule has 7 heteroatoms. The van der Waals surface area contributed by atoms with Gasteiger partial charge in [0.05, 0.1) is 11.1 Å². The number of fused-ring (bicyclic) bond motifs is 2. The van der Waals surface area contributed by atoms with Gasteiger partial charge in [0.15, 0.2) is 0 Å². The number of nitrogens with one attached hydrogen (secondary N) is 1. The fourth-order valence-corrected chi connectivity index (χ4v) is 6.05. The highest BCUT2D eigenvalue weighted by atomic mass is 16.5. The summed E-state index contributed by atoms with van der Waals surface area (Å²) in [5, 5.41) is 13.2. The minimum absolute atomic E-state index is 0.307. The molecule has 2 aliphatic rings. The highest BCUT2D eigenvalue weighted by Gasteiger charge is 2.31. The lowest BCUT2D eigenvalue weighted by atomic mass is 9.98. The van der Waals surface area contributed by atoms with Crippen LogP contribution in [-0.2, 0) is 13.0 Å². The van der Waals surface area contributed by atoms with Crippen LogP contribution in [0.15, 0.2) is 85.0 Å².